The molecule has 3 aromatic heterocycles. The molecule has 1 aliphatic rings. The van der Waals surface area contributed by atoms with Gasteiger partial charge in [-0.3, -0.25) is 24.8 Å². The zero-order chi connectivity index (χ0) is 29.5. The number of nitrogens with one attached hydrogen (secondary N) is 3. The number of carbonyl (C=O) groups excluding carboxylic acids is 3. The smallest absolute Gasteiger partial charge is 0.243 e. The van der Waals surface area contributed by atoms with Crippen molar-refractivity contribution < 1.29 is 19.1 Å². The first-order valence-corrected chi connectivity index (χ1v) is 13.8. The molecule has 214 valence electrons. The number of aromatic nitrogens is 2. The molecule has 4 heterocycles. The van der Waals surface area contributed by atoms with Gasteiger partial charge >= 0.3 is 0 Å². The number of ether oxygens (including phenoxy) is 1. The molecular weight excluding hydrogens is 530 g/mol. The molecule has 1 aliphatic heterocycles. The molecule has 0 bridgehead atoms. The van der Waals surface area contributed by atoms with Gasteiger partial charge in [0.25, 0.3) is 0 Å². The molecule has 3 aromatic rings. The summed E-state index contributed by atoms with van der Waals surface area (Å²) in [5, 5.41) is 14.9. The van der Waals surface area contributed by atoms with Gasteiger partial charge in [-0.25, -0.2) is 4.98 Å². The second-order valence-electron chi connectivity index (χ2n) is 8.53. The van der Waals surface area contributed by atoms with E-state index in [-0.39, 0.29) is 30.2 Å². The van der Waals surface area contributed by atoms with Crippen molar-refractivity contribution in [2.24, 2.45) is 5.73 Å². The fraction of sp³-hybridized carbons (Fsp3) is 0.357. The van der Waals surface area contributed by atoms with Crippen LogP contribution in [0.25, 0.3) is 0 Å². The summed E-state index contributed by atoms with van der Waals surface area (Å²) in [7, 11) is 1.72. The fourth-order valence-electron chi connectivity index (χ4n) is 3.88. The molecule has 12 heteroatoms. The molecule has 2 amide bonds. The average molecular weight is 568 g/mol. The molecule has 0 saturated carbocycles. The van der Waals surface area contributed by atoms with Crippen LogP contribution in [0, 0.1) is 5.41 Å². The van der Waals surface area contributed by atoms with Crippen LogP contribution in [0.5, 0.6) is 11.5 Å². The van der Waals surface area contributed by atoms with E-state index in [1.54, 1.807) is 60.1 Å². The van der Waals surface area contributed by atoms with E-state index in [1.807, 2.05) is 20.8 Å². The molecule has 1 saturated heterocycles. The van der Waals surface area contributed by atoms with Crippen molar-refractivity contribution in [3.8, 4) is 11.5 Å². The minimum Gasteiger partial charge on any atom is -0.454 e. The molecule has 0 radical (unpaired) electrons. The van der Waals surface area contributed by atoms with E-state index >= 15 is 0 Å². The maximum absolute atomic E-state index is 12.4. The number of pyridine rings is 2. The van der Waals surface area contributed by atoms with Crippen LogP contribution >= 0.6 is 11.3 Å². The molecule has 0 aromatic carbocycles. The minimum atomic E-state index is -0.405. The first-order chi connectivity index (χ1) is 19.3. The number of hydrogen-bond acceptors (Lipinski definition) is 9. The standard InChI is InChI=1S/C15H23N5O2S.C11H8N2O2.C2H6/c1-9-3-4-12(20(9)13(21)7-18-2)15(22)19-6-11-5-10(8-23-11)14(16)17;14-8-9-3-4-11(7-13-9)15-10-2-1-5-12-6-10;1-2/h5,8-9,12,18H,3-4,6-7H2,1-2H3,(H3,16,17)(H,19,22);1-8H;1-2H3. The Morgan fingerprint density at radius 3 is 2.55 bits per heavy atom. The Kier molecular flexibility index (Phi) is 13.4. The van der Waals surface area contributed by atoms with Crippen LogP contribution < -0.4 is 21.1 Å². The van der Waals surface area contributed by atoms with Crippen LogP contribution in [0.2, 0.25) is 0 Å². The van der Waals surface area contributed by atoms with E-state index in [2.05, 4.69) is 20.6 Å². The van der Waals surface area contributed by atoms with E-state index in [0.717, 1.165) is 11.3 Å². The molecule has 2 unspecified atom stereocenters. The maximum Gasteiger partial charge on any atom is 0.243 e. The van der Waals surface area contributed by atoms with E-state index in [4.69, 9.17) is 15.9 Å². The van der Waals surface area contributed by atoms with Crippen molar-refractivity contribution in [1.29, 1.82) is 5.41 Å². The van der Waals surface area contributed by atoms with Crippen molar-refractivity contribution in [2.75, 3.05) is 13.6 Å². The number of aldehydes is 1. The van der Waals surface area contributed by atoms with Crippen molar-refractivity contribution in [3.05, 3.63) is 70.4 Å². The predicted molar refractivity (Wildman–Crippen MR) is 156 cm³/mol. The second kappa shape index (κ2) is 16.7. The number of thiophene rings is 1. The van der Waals surface area contributed by atoms with Crippen LogP contribution in [-0.2, 0) is 16.1 Å². The number of nitrogen functional groups attached to an aromatic ring is 1. The lowest BCUT2D eigenvalue weighted by atomic mass is 10.2. The summed E-state index contributed by atoms with van der Waals surface area (Å²) in [6.45, 7) is 6.59. The number of hydrogen-bond donors (Lipinski definition) is 4. The van der Waals surface area contributed by atoms with Gasteiger partial charge in [0.2, 0.25) is 11.8 Å². The lowest BCUT2D eigenvalue weighted by Crippen LogP contribution is -2.50. The number of amides is 2. The largest absolute Gasteiger partial charge is 0.454 e. The second-order valence-corrected chi connectivity index (χ2v) is 9.53. The molecule has 5 N–H and O–H groups in total. The normalized spacial score (nSPS) is 15.6. The third-order valence-electron chi connectivity index (χ3n) is 5.74. The van der Waals surface area contributed by atoms with Crippen LogP contribution in [0.3, 0.4) is 0 Å². The number of amidine groups is 1. The molecule has 11 nitrogen and oxygen atoms in total. The van der Waals surface area contributed by atoms with E-state index in [9.17, 15) is 14.4 Å². The van der Waals surface area contributed by atoms with Gasteiger partial charge in [-0.05, 0) is 57.1 Å². The number of nitrogens with two attached hydrogens (primary N) is 1. The fourth-order valence-corrected chi connectivity index (χ4v) is 4.70. The molecule has 1 fully saturated rings. The molecular formula is C28H37N7O4S. The monoisotopic (exact) mass is 567 g/mol. The predicted octanol–water partition coefficient (Wildman–Crippen LogP) is 3.35. The average Bonchev–Trinajstić information content (AvgIpc) is 3.61. The van der Waals surface area contributed by atoms with E-state index < -0.39 is 6.04 Å². The highest BCUT2D eigenvalue weighted by Crippen LogP contribution is 2.24. The van der Waals surface area contributed by atoms with E-state index in [1.165, 1.54) is 17.5 Å². The molecule has 2 atom stereocenters. The van der Waals surface area contributed by atoms with Gasteiger partial charge in [-0.15, -0.1) is 11.3 Å². The molecule has 0 aliphatic carbocycles. The van der Waals surface area contributed by atoms with E-state index in [0.29, 0.717) is 42.0 Å². The number of nitrogens with zero attached hydrogens (tertiary/aromatic N) is 3. The SMILES string of the molecule is CC.CNCC(=O)N1C(C)CCC1C(=O)NCc1cc(C(=N)N)cs1.O=Cc1ccc(Oc2cccnc2)cn1. The Bertz CT molecular complexity index is 1230. The van der Waals surface area contributed by atoms with Crippen molar-refractivity contribution >= 4 is 35.3 Å². The Morgan fingerprint density at radius 1 is 1.23 bits per heavy atom. The summed E-state index contributed by atoms with van der Waals surface area (Å²) in [6, 6.07) is 8.33. The van der Waals surface area contributed by atoms with Crippen LogP contribution in [-0.4, -0.2) is 64.5 Å². The zero-order valence-corrected chi connectivity index (χ0v) is 24.0. The van der Waals surface area contributed by atoms with Gasteiger partial charge in [-0.1, -0.05) is 13.8 Å². The molecule has 40 heavy (non-hydrogen) atoms. The van der Waals surface area contributed by atoms with Crippen LogP contribution in [0.15, 0.2) is 54.3 Å². The van der Waals surface area contributed by atoms with Crippen molar-refractivity contribution in [3.63, 3.8) is 0 Å². The summed E-state index contributed by atoms with van der Waals surface area (Å²) in [4.78, 5) is 45.4. The van der Waals surface area contributed by atoms with Crippen molar-refractivity contribution in [1.82, 2.24) is 25.5 Å². The summed E-state index contributed by atoms with van der Waals surface area (Å²) in [5.41, 5.74) is 6.48. The summed E-state index contributed by atoms with van der Waals surface area (Å²) < 4.78 is 5.44. The summed E-state index contributed by atoms with van der Waals surface area (Å²) in [6.07, 6.45) is 6.98. The molecule has 0 spiro atoms. The quantitative estimate of drug-likeness (QED) is 0.174. The summed E-state index contributed by atoms with van der Waals surface area (Å²) in [5.74, 6) is 1.06. The maximum atomic E-state index is 12.4. The summed E-state index contributed by atoms with van der Waals surface area (Å²) >= 11 is 1.45. The van der Waals surface area contributed by atoms with Gasteiger partial charge in [0.05, 0.1) is 25.5 Å². The number of likely N-dealkylation sites (tertiary alicyclic amines) is 1. The van der Waals surface area contributed by atoms with Gasteiger partial charge in [0, 0.05) is 28.1 Å². The lowest BCUT2D eigenvalue weighted by Gasteiger charge is -2.27. The topological polar surface area (TPSA) is 163 Å². The number of carbonyl (C=O) groups is 3. The van der Waals surface area contributed by atoms with Gasteiger partial charge in [0.15, 0.2) is 6.29 Å². The van der Waals surface area contributed by atoms with Crippen molar-refractivity contribution in [2.45, 2.75) is 52.2 Å². The number of rotatable bonds is 9. The molecule has 4 rings (SSSR count). The van der Waals surface area contributed by atoms with Gasteiger partial charge in [0.1, 0.15) is 29.1 Å². The lowest BCUT2D eigenvalue weighted by molar-refractivity contribution is -0.139. The third kappa shape index (κ3) is 9.54. The minimum absolute atomic E-state index is 0.0206. The number of likely N-dealkylation sites (N-methyl/N-ethyl adjacent to an activating group) is 1. The Labute approximate surface area is 238 Å². The van der Waals surface area contributed by atoms with Gasteiger partial charge < -0.3 is 26.0 Å². The van der Waals surface area contributed by atoms with Crippen LogP contribution in [0.1, 0.15) is 54.5 Å². The Morgan fingerprint density at radius 2 is 1.98 bits per heavy atom. The highest BCUT2D eigenvalue weighted by atomic mass is 32.1. The first kappa shape index (κ1) is 32.1. The highest BCUT2D eigenvalue weighted by molar-refractivity contribution is 7.10. The first-order valence-electron chi connectivity index (χ1n) is 13.0. The van der Waals surface area contributed by atoms with Gasteiger partial charge in [-0.2, -0.15) is 0 Å². The zero-order valence-electron chi connectivity index (χ0n) is 23.2. The third-order valence-corrected chi connectivity index (χ3v) is 6.68. The Balaban J connectivity index is 0.000000284. The highest BCUT2D eigenvalue weighted by Gasteiger charge is 2.38. The van der Waals surface area contributed by atoms with Crippen LogP contribution in [0.4, 0.5) is 0 Å². The Hall–Kier alpha value is -4.16.